The molecule has 0 bridgehead atoms. The molecule has 1 nitrogen and oxygen atoms in total. The van der Waals surface area contributed by atoms with Crippen LogP contribution in [0.5, 0.6) is 0 Å². The molecular weight excluding hydrogens is 192 g/mol. The minimum atomic E-state index is -0.235. The maximum Gasteiger partial charge on any atom is 0.0931 e. The molecule has 0 fully saturated rings. The van der Waals surface area contributed by atoms with E-state index < -0.39 is 0 Å². The second kappa shape index (κ2) is 4.26. The van der Waals surface area contributed by atoms with E-state index in [2.05, 4.69) is 6.92 Å². The fourth-order valence-corrected chi connectivity index (χ4v) is 2.35. The van der Waals surface area contributed by atoms with Crippen LogP contribution in [0, 0.1) is 0 Å². The number of hydrogen-bond donors (Lipinski definition) is 1. The van der Waals surface area contributed by atoms with E-state index >= 15 is 0 Å². The molecule has 68 valence electrons. The Bertz CT molecular complexity index is 244. The van der Waals surface area contributed by atoms with Gasteiger partial charge < -0.3 is 5.11 Å². The Kier molecular flexibility index (Phi) is 3.56. The molecule has 2 unspecified atom stereocenters. The van der Waals surface area contributed by atoms with Gasteiger partial charge in [0.15, 0.2) is 0 Å². The molecule has 3 heteroatoms. The number of rotatable bonds is 3. The summed E-state index contributed by atoms with van der Waals surface area (Å²) in [4.78, 5) is 1.25. The van der Waals surface area contributed by atoms with Gasteiger partial charge in [0.2, 0.25) is 0 Å². The molecule has 2 atom stereocenters. The average Bonchev–Trinajstić information content (AvgIpc) is 2.34. The Morgan fingerprint density at radius 2 is 2.17 bits per heavy atom. The maximum atomic E-state index is 9.16. The van der Waals surface area contributed by atoms with E-state index in [1.807, 2.05) is 19.1 Å². The average molecular weight is 205 g/mol. The van der Waals surface area contributed by atoms with Crippen molar-refractivity contribution in [1.82, 2.24) is 0 Å². The van der Waals surface area contributed by atoms with E-state index in [9.17, 15) is 0 Å². The van der Waals surface area contributed by atoms with Gasteiger partial charge in [-0.15, -0.1) is 11.3 Å². The molecular formula is C9H13ClOS. The van der Waals surface area contributed by atoms with Crippen LogP contribution in [0.1, 0.15) is 31.1 Å². The van der Waals surface area contributed by atoms with Crippen molar-refractivity contribution in [3.8, 4) is 0 Å². The van der Waals surface area contributed by atoms with Gasteiger partial charge in [-0.1, -0.05) is 18.5 Å². The van der Waals surface area contributed by atoms with Crippen LogP contribution in [-0.4, -0.2) is 11.2 Å². The summed E-state index contributed by atoms with van der Waals surface area (Å²) in [7, 11) is 0. The van der Waals surface area contributed by atoms with E-state index in [0.29, 0.717) is 5.92 Å². The highest BCUT2D eigenvalue weighted by atomic mass is 35.5. The van der Waals surface area contributed by atoms with Crippen LogP contribution >= 0.6 is 22.9 Å². The van der Waals surface area contributed by atoms with E-state index in [-0.39, 0.29) is 6.10 Å². The third-order valence-corrected chi connectivity index (χ3v) is 3.24. The topological polar surface area (TPSA) is 20.2 Å². The van der Waals surface area contributed by atoms with Gasteiger partial charge in [0.05, 0.1) is 10.4 Å². The summed E-state index contributed by atoms with van der Waals surface area (Å²) in [5.74, 6) is 0.405. The first kappa shape index (κ1) is 10.0. The Hall–Kier alpha value is -0.0500. The quantitative estimate of drug-likeness (QED) is 0.802. The monoisotopic (exact) mass is 204 g/mol. The van der Waals surface area contributed by atoms with Crippen molar-refractivity contribution in [2.75, 3.05) is 0 Å². The molecule has 1 aromatic heterocycles. The fraction of sp³-hybridized carbons (Fsp3) is 0.556. The molecule has 1 rings (SSSR count). The van der Waals surface area contributed by atoms with Crippen molar-refractivity contribution >= 4 is 22.9 Å². The van der Waals surface area contributed by atoms with Crippen LogP contribution in [-0.2, 0) is 0 Å². The summed E-state index contributed by atoms with van der Waals surface area (Å²) in [6.45, 7) is 3.92. The standard InChI is InChI=1S/C9H13ClOS/c1-6(5-7(2)11)8-3-4-9(10)12-8/h3-4,6-7,11H,5H2,1-2H3. The van der Waals surface area contributed by atoms with Gasteiger partial charge in [-0.25, -0.2) is 0 Å². The van der Waals surface area contributed by atoms with Crippen molar-refractivity contribution in [2.45, 2.75) is 32.3 Å². The van der Waals surface area contributed by atoms with Crippen LogP contribution in [0.4, 0.5) is 0 Å². The summed E-state index contributed by atoms with van der Waals surface area (Å²) < 4.78 is 0.822. The summed E-state index contributed by atoms with van der Waals surface area (Å²) in [6, 6.07) is 3.93. The second-order valence-electron chi connectivity index (χ2n) is 3.13. The Balaban J connectivity index is 2.58. The van der Waals surface area contributed by atoms with Crippen molar-refractivity contribution < 1.29 is 5.11 Å². The van der Waals surface area contributed by atoms with Crippen molar-refractivity contribution in [1.29, 1.82) is 0 Å². The summed E-state index contributed by atoms with van der Waals surface area (Å²) >= 11 is 7.39. The van der Waals surface area contributed by atoms with Gasteiger partial charge in [-0.2, -0.15) is 0 Å². The molecule has 1 aromatic rings. The fourth-order valence-electron chi connectivity index (χ4n) is 1.22. The van der Waals surface area contributed by atoms with E-state index in [0.717, 1.165) is 10.8 Å². The van der Waals surface area contributed by atoms with Crippen LogP contribution in [0.3, 0.4) is 0 Å². The maximum absolute atomic E-state index is 9.16. The number of hydrogen-bond acceptors (Lipinski definition) is 2. The zero-order valence-electron chi connectivity index (χ0n) is 7.25. The molecule has 0 saturated heterocycles. The van der Waals surface area contributed by atoms with Gasteiger partial charge >= 0.3 is 0 Å². The number of aliphatic hydroxyl groups is 1. The molecule has 0 aliphatic rings. The van der Waals surface area contributed by atoms with Crippen LogP contribution in [0.25, 0.3) is 0 Å². The highest BCUT2D eigenvalue weighted by Crippen LogP contribution is 2.30. The van der Waals surface area contributed by atoms with E-state index in [1.165, 1.54) is 4.88 Å². The zero-order valence-corrected chi connectivity index (χ0v) is 8.82. The molecule has 1 heterocycles. The largest absolute Gasteiger partial charge is 0.393 e. The zero-order chi connectivity index (χ0) is 9.14. The van der Waals surface area contributed by atoms with Crippen LogP contribution in [0.2, 0.25) is 4.34 Å². The van der Waals surface area contributed by atoms with Gasteiger partial charge in [0.1, 0.15) is 0 Å². The first-order valence-electron chi connectivity index (χ1n) is 4.03. The Morgan fingerprint density at radius 1 is 1.50 bits per heavy atom. The van der Waals surface area contributed by atoms with Crippen molar-refractivity contribution in [3.63, 3.8) is 0 Å². The molecule has 0 amide bonds. The van der Waals surface area contributed by atoms with Gasteiger partial charge in [0, 0.05) is 4.88 Å². The predicted octanol–water partition coefficient (Wildman–Crippen LogP) is 3.28. The van der Waals surface area contributed by atoms with Gasteiger partial charge in [0.25, 0.3) is 0 Å². The highest BCUT2D eigenvalue weighted by molar-refractivity contribution is 7.16. The number of thiophene rings is 1. The molecule has 0 saturated carbocycles. The SMILES string of the molecule is CC(O)CC(C)c1ccc(Cl)s1. The lowest BCUT2D eigenvalue weighted by Crippen LogP contribution is -2.04. The predicted molar refractivity (Wildman–Crippen MR) is 54.0 cm³/mol. The van der Waals surface area contributed by atoms with Crippen molar-refractivity contribution in [2.24, 2.45) is 0 Å². The van der Waals surface area contributed by atoms with Crippen molar-refractivity contribution in [3.05, 3.63) is 21.3 Å². The van der Waals surface area contributed by atoms with Gasteiger partial charge in [-0.3, -0.25) is 0 Å². The minimum absolute atomic E-state index is 0.235. The highest BCUT2D eigenvalue weighted by Gasteiger charge is 2.10. The lowest BCUT2D eigenvalue weighted by atomic mass is 10.0. The summed E-state index contributed by atoms with van der Waals surface area (Å²) in [5.41, 5.74) is 0. The molecule has 0 aromatic carbocycles. The molecule has 0 radical (unpaired) electrons. The molecule has 0 spiro atoms. The summed E-state index contributed by atoms with van der Waals surface area (Å²) in [6.07, 6.45) is 0.567. The smallest absolute Gasteiger partial charge is 0.0931 e. The second-order valence-corrected chi connectivity index (χ2v) is 4.87. The molecule has 1 N–H and O–H groups in total. The third kappa shape index (κ3) is 2.77. The Morgan fingerprint density at radius 3 is 2.58 bits per heavy atom. The number of halogens is 1. The number of aliphatic hydroxyl groups excluding tert-OH is 1. The van der Waals surface area contributed by atoms with Gasteiger partial charge in [-0.05, 0) is 31.4 Å². The third-order valence-electron chi connectivity index (χ3n) is 1.77. The van der Waals surface area contributed by atoms with E-state index in [4.69, 9.17) is 16.7 Å². The summed E-state index contributed by atoms with van der Waals surface area (Å²) in [5, 5.41) is 9.16. The molecule has 0 aliphatic heterocycles. The first-order valence-corrected chi connectivity index (χ1v) is 5.22. The molecule has 0 aliphatic carbocycles. The normalized spacial score (nSPS) is 16.0. The molecule has 12 heavy (non-hydrogen) atoms. The lowest BCUT2D eigenvalue weighted by molar-refractivity contribution is 0.177. The first-order chi connectivity index (χ1) is 5.59. The van der Waals surface area contributed by atoms with E-state index in [1.54, 1.807) is 11.3 Å². The lowest BCUT2D eigenvalue weighted by Gasteiger charge is -2.10. The van der Waals surface area contributed by atoms with Crippen LogP contribution < -0.4 is 0 Å². The minimum Gasteiger partial charge on any atom is -0.393 e. The van der Waals surface area contributed by atoms with Crippen LogP contribution in [0.15, 0.2) is 12.1 Å². The Labute approximate surface area is 82.0 Å².